The number of Topliss-reactive ketones (excluding diaryl/α,β-unsaturated/α-hetero) is 1. The Morgan fingerprint density at radius 1 is 0.933 bits per heavy atom. The van der Waals surface area contributed by atoms with Crippen LogP contribution in [-0.4, -0.2) is 11.0 Å². The number of ketones is 1. The maximum Gasteiger partial charge on any atom is 0.184 e. The number of carbonyl (C=O) groups excluding carboxylic acids is 1. The first-order valence-corrected chi connectivity index (χ1v) is 10.4. The highest BCUT2D eigenvalue weighted by atomic mass is 32.2. The number of hydrogen-bond donors (Lipinski definition) is 2. The fourth-order valence-electron chi connectivity index (χ4n) is 2.94. The molecule has 0 radical (unpaired) electrons. The minimum absolute atomic E-state index is 0.0189. The number of hydrogen-bond acceptors (Lipinski definition) is 4. The van der Waals surface area contributed by atoms with Crippen molar-refractivity contribution in [3.05, 3.63) is 77.6 Å². The molecule has 7 heteroatoms. The van der Waals surface area contributed by atoms with Crippen LogP contribution in [0.5, 0.6) is 0 Å². The molecule has 3 aromatic carbocycles. The Morgan fingerprint density at radius 2 is 1.67 bits per heavy atom. The van der Waals surface area contributed by atoms with Gasteiger partial charge in [-0.25, -0.2) is 13.2 Å². The van der Waals surface area contributed by atoms with Gasteiger partial charge in [-0.3, -0.25) is 4.79 Å². The summed E-state index contributed by atoms with van der Waals surface area (Å²) >= 11 is 1.44. The van der Waals surface area contributed by atoms with E-state index in [4.69, 9.17) is 0 Å². The van der Waals surface area contributed by atoms with Crippen LogP contribution < -0.4 is 10.0 Å². The molecule has 1 fully saturated rings. The summed E-state index contributed by atoms with van der Waals surface area (Å²) in [5.41, 5.74) is 2.01. The topological polar surface area (TPSA) is 41.1 Å². The van der Waals surface area contributed by atoms with Gasteiger partial charge in [0.05, 0.1) is 11.4 Å². The lowest BCUT2D eigenvalue weighted by Gasteiger charge is -2.15. The molecule has 2 N–H and O–H groups in total. The molecule has 1 saturated carbocycles. The number of benzene rings is 3. The largest absolute Gasteiger partial charge is 0.349 e. The molecule has 0 amide bonds. The molecule has 0 atom stereocenters. The molecule has 3 nitrogen and oxygen atoms in total. The molecule has 0 aliphatic heterocycles. The van der Waals surface area contributed by atoms with Gasteiger partial charge >= 0.3 is 0 Å². The highest BCUT2D eigenvalue weighted by molar-refractivity contribution is 8.01. The molecule has 0 aromatic heterocycles. The lowest BCUT2D eigenvalue weighted by atomic mass is 10.0. The molecule has 30 heavy (non-hydrogen) atoms. The molecule has 0 unspecified atom stereocenters. The summed E-state index contributed by atoms with van der Waals surface area (Å²) in [7, 11) is 0. The maximum absolute atomic E-state index is 14.8. The van der Waals surface area contributed by atoms with E-state index < -0.39 is 17.5 Å². The molecule has 3 aromatic rings. The van der Waals surface area contributed by atoms with E-state index in [9.17, 15) is 18.0 Å². The van der Waals surface area contributed by atoms with Crippen LogP contribution in [0.3, 0.4) is 0 Å². The highest BCUT2D eigenvalue weighted by Gasteiger charge is 2.23. The maximum atomic E-state index is 14.8. The quantitative estimate of drug-likeness (QED) is 0.316. The molecule has 4 rings (SSSR count). The van der Waals surface area contributed by atoms with Gasteiger partial charge in [-0.15, -0.1) is 0 Å². The molecule has 0 bridgehead atoms. The fraction of sp³-hybridized carbons (Fsp3) is 0.174. The minimum atomic E-state index is -1.07. The van der Waals surface area contributed by atoms with Crippen molar-refractivity contribution in [1.29, 1.82) is 0 Å². The van der Waals surface area contributed by atoms with Crippen molar-refractivity contribution >= 4 is 34.8 Å². The standard InChI is InChI=1S/C23H19F3N2OS/c1-13(29)14-3-2-4-15(11-14)16-5-9-20(19(25)12-16)27-23-21(28-30-17-6-7-17)10-8-18(24)22(23)26/h2-5,8-12,17,27-28H,6-7H2,1H3. The number of nitrogens with one attached hydrogen (secondary N) is 2. The zero-order chi connectivity index (χ0) is 21.3. The molecule has 0 spiro atoms. The van der Waals surface area contributed by atoms with E-state index in [1.807, 2.05) is 0 Å². The molecule has 1 aliphatic rings. The average Bonchev–Trinajstić information content (AvgIpc) is 3.56. The van der Waals surface area contributed by atoms with Crippen LogP contribution in [0.25, 0.3) is 11.1 Å². The summed E-state index contributed by atoms with van der Waals surface area (Å²) in [6, 6.07) is 13.8. The predicted molar refractivity (Wildman–Crippen MR) is 116 cm³/mol. The van der Waals surface area contributed by atoms with E-state index in [0.29, 0.717) is 27.6 Å². The van der Waals surface area contributed by atoms with Gasteiger partial charge in [-0.1, -0.05) is 24.3 Å². The van der Waals surface area contributed by atoms with Crippen LogP contribution in [0.2, 0.25) is 0 Å². The highest BCUT2D eigenvalue weighted by Crippen LogP contribution is 2.38. The summed E-state index contributed by atoms with van der Waals surface area (Å²) in [5, 5.41) is 3.13. The van der Waals surface area contributed by atoms with Crippen LogP contribution >= 0.6 is 11.9 Å². The zero-order valence-corrected chi connectivity index (χ0v) is 17.0. The molecular formula is C23H19F3N2OS. The van der Waals surface area contributed by atoms with Crippen molar-refractivity contribution in [1.82, 2.24) is 0 Å². The molecule has 1 aliphatic carbocycles. The van der Waals surface area contributed by atoms with E-state index in [0.717, 1.165) is 18.9 Å². The Balaban J connectivity index is 1.62. The smallest absolute Gasteiger partial charge is 0.184 e. The number of rotatable bonds is 7. The molecule has 0 saturated heterocycles. The van der Waals surface area contributed by atoms with Gasteiger partial charge < -0.3 is 10.0 Å². The molecule has 0 heterocycles. The SMILES string of the molecule is CC(=O)c1cccc(-c2ccc(Nc3c(NSC4CC4)ccc(F)c3F)c(F)c2)c1. The average molecular weight is 428 g/mol. The van der Waals surface area contributed by atoms with Crippen LogP contribution in [0.15, 0.2) is 54.6 Å². The normalized spacial score (nSPS) is 13.2. The third-order valence-corrected chi connectivity index (χ3v) is 5.93. The number of carbonyl (C=O) groups is 1. The summed E-state index contributed by atoms with van der Waals surface area (Å²) in [6.45, 7) is 1.47. The lowest BCUT2D eigenvalue weighted by Crippen LogP contribution is -2.03. The van der Waals surface area contributed by atoms with Crippen molar-refractivity contribution in [2.24, 2.45) is 0 Å². The van der Waals surface area contributed by atoms with Crippen molar-refractivity contribution in [2.75, 3.05) is 10.0 Å². The predicted octanol–water partition coefficient (Wildman–Crippen LogP) is 6.94. The Bertz CT molecular complexity index is 1120. The van der Waals surface area contributed by atoms with Gasteiger partial charge in [0.15, 0.2) is 17.4 Å². The van der Waals surface area contributed by atoms with E-state index in [1.165, 1.54) is 37.1 Å². The zero-order valence-electron chi connectivity index (χ0n) is 16.1. The van der Waals surface area contributed by atoms with Crippen LogP contribution in [0.4, 0.5) is 30.2 Å². The second-order valence-electron chi connectivity index (χ2n) is 7.16. The summed E-state index contributed by atoms with van der Waals surface area (Å²) in [6.07, 6.45) is 2.15. The van der Waals surface area contributed by atoms with E-state index in [1.54, 1.807) is 30.3 Å². The van der Waals surface area contributed by atoms with E-state index >= 15 is 0 Å². The number of halogens is 3. The second kappa shape index (κ2) is 8.44. The van der Waals surface area contributed by atoms with Gasteiger partial charge in [-0.2, -0.15) is 0 Å². The first kappa shape index (κ1) is 20.3. The third kappa shape index (κ3) is 4.46. The van der Waals surface area contributed by atoms with Crippen molar-refractivity contribution in [3.8, 4) is 11.1 Å². The Hall–Kier alpha value is -2.93. The Labute approximate surface area is 176 Å². The Kier molecular flexibility index (Phi) is 5.72. The molecular weight excluding hydrogens is 409 g/mol. The fourth-order valence-corrected chi connectivity index (χ4v) is 3.77. The van der Waals surface area contributed by atoms with Crippen molar-refractivity contribution in [2.45, 2.75) is 25.0 Å². The van der Waals surface area contributed by atoms with Gasteiger partial charge in [0.25, 0.3) is 0 Å². The van der Waals surface area contributed by atoms with Crippen LogP contribution in [0, 0.1) is 17.5 Å². The lowest BCUT2D eigenvalue weighted by molar-refractivity contribution is 0.101. The second-order valence-corrected chi connectivity index (χ2v) is 8.27. The van der Waals surface area contributed by atoms with Crippen LogP contribution in [-0.2, 0) is 0 Å². The molecule has 154 valence electrons. The first-order valence-electron chi connectivity index (χ1n) is 9.50. The first-order chi connectivity index (χ1) is 14.4. The Morgan fingerprint density at radius 3 is 2.37 bits per heavy atom. The van der Waals surface area contributed by atoms with Gasteiger partial charge in [0.2, 0.25) is 0 Å². The summed E-state index contributed by atoms with van der Waals surface area (Å²) < 4.78 is 46.1. The van der Waals surface area contributed by atoms with E-state index in [-0.39, 0.29) is 17.2 Å². The van der Waals surface area contributed by atoms with Crippen molar-refractivity contribution in [3.63, 3.8) is 0 Å². The van der Waals surface area contributed by atoms with E-state index in [2.05, 4.69) is 10.0 Å². The third-order valence-electron chi connectivity index (χ3n) is 4.79. The van der Waals surface area contributed by atoms with Gasteiger partial charge in [0, 0.05) is 10.8 Å². The van der Waals surface area contributed by atoms with Crippen LogP contribution in [0.1, 0.15) is 30.1 Å². The van der Waals surface area contributed by atoms with Crippen molar-refractivity contribution < 1.29 is 18.0 Å². The minimum Gasteiger partial charge on any atom is -0.349 e. The number of anilines is 3. The van der Waals surface area contributed by atoms with Gasteiger partial charge in [-0.05, 0) is 73.2 Å². The summed E-state index contributed by atoms with van der Waals surface area (Å²) in [5.74, 6) is -2.79. The summed E-state index contributed by atoms with van der Waals surface area (Å²) in [4.78, 5) is 11.6. The monoisotopic (exact) mass is 428 g/mol. The van der Waals surface area contributed by atoms with Gasteiger partial charge in [0.1, 0.15) is 11.5 Å².